The molecule has 0 rings (SSSR count). The van der Waals surface area contributed by atoms with E-state index in [1.807, 2.05) is 13.8 Å². The summed E-state index contributed by atoms with van der Waals surface area (Å²) in [5, 5.41) is 5.58. The van der Waals surface area contributed by atoms with Gasteiger partial charge in [0.2, 0.25) is 11.8 Å². The van der Waals surface area contributed by atoms with Gasteiger partial charge in [-0.25, -0.2) is 0 Å². The third-order valence-electron chi connectivity index (χ3n) is 5.88. The average molecular weight is 667 g/mol. The minimum Gasteiger partial charge on any atom is -0.379 e. The summed E-state index contributed by atoms with van der Waals surface area (Å²) in [6, 6.07) is -0.466. The SMILES string of the molecule is CC(=O)CCOCC(COCCC(=O)NCCOCCOCCOCCOC(C)C)NC(=O)COCCOCCOCCC(C)C. The van der Waals surface area contributed by atoms with Crippen LogP contribution in [0.4, 0.5) is 0 Å². The van der Waals surface area contributed by atoms with Gasteiger partial charge in [-0.2, -0.15) is 0 Å². The highest BCUT2D eigenvalue weighted by Gasteiger charge is 2.14. The molecule has 272 valence electrons. The van der Waals surface area contributed by atoms with Crippen LogP contribution in [0.15, 0.2) is 0 Å². The average Bonchev–Trinajstić information content (AvgIpc) is 3.00. The maximum Gasteiger partial charge on any atom is 0.246 e. The van der Waals surface area contributed by atoms with Crippen molar-refractivity contribution >= 4 is 17.6 Å². The van der Waals surface area contributed by atoms with Gasteiger partial charge in [0.05, 0.1) is 111 Å². The second-order valence-corrected chi connectivity index (χ2v) is 11.2. The van der Waals surface area contributed by atoms with E-state index in [-0.39, 0.29) is 76.2 Å². The Bertz CT molecular complexity index is 727. The normalized spacial score (nSPS) is 12.2. The van der Waals surface area contributed by atoms with Gasteiger partial charge in [-0.3, -0.25) is 14.4 Å². The van der Waals surface area contributed by atoms with Crippen LogP contribution in [0, 0.1) is 5.92 Å². The number of hydrogen-bond acceptors (Lipinski definition) is 12. The molecule has 0 saturated heterocycles. The number of hydrogen-bond donors (Lipinski definition) is 2. The van der Waals surface area contributed by atoms with Gasteiger partial charge in [0.25, 0.3) is 0 Å². The first-order chi connectivity index (χ1) is 22.2. The number of carbonyl (C=O) groups is 3. The maximum absolute atomic E-state index is 12.4. The molecule has 0 heterocycles. The van der Waals surface area contributed by atoms with E-state index in [0.717, 1.165) is 6.42 Å². The molecule has 2 N–H and O–H groups in total. The van der Waals surface area contributed by atoms with Gasteiger partial charge in [0.1, 0.15) is 12.4 Å². The third kappa shape index (κ3) is 35.1. The topological polar surface area (TPSA) is 158 Å². The standard InChI is InChI=1S/C32H62N2O12/c1-27(2)6-10-38-14-16-41-20-21-45-26-32(37)34-30(24-43-11-7-29(5)35)25-44-12-8-31(36)33-9-13-39-15-17-40-18-19-42-22-23-46-28(3)4/h27-28,30H,6-26H2,1-5H3,(H,33,36)(H,34,37). The van der Waals surface area contributed by atoms with Gasteiger partial charge in [0.15, 0.2) is 0 Å². The number of rotatable bonds is 35. The smallest absolute Gasteiger partial charge is 0.246 e. The first-order valence-corrected chi connectivity index (χ1v) is 16.5. The zero-order valence-corrected chi connectivity index (χ0v) is 29.0. The highest BCUT2D eigenvalue weighted by molar-refractivity contribution is 5.77. The van der Waals surface area contributed by atoms with Crippen molar-refractivity contribution in [1.29, 1.82) is 0 Å². The summed E-state index contributed by atoms with van der Waals surface area (Å²) in [4.78, 5) is 35.6. The molecule has 46 heavy (non-hydrogen) atoms. The van der Waals surface area contributed by atoms with Crippen molar-refractivity contribution in [3.63, 3.8) is 0 Å². The highest BCUT2D eigenvalue weighted by Crippen LogP contribution is 1.98. The molecule has 0 fully saturated rings. The Hall–Kier alpha value is -1.75. The molecule has 2 amide bonds. The summed E-state index contributed by atoms with van der Waals surface area (Å²) in [6.45, 7) is 16.4. The van der Waals surface area contributed by atoms with Crippen LogP contribution < -0.4 is 10.6 Å². The van der Waals surface area contributed by atoms with Crippen LogP contribution in [-0.4, -0.2) is 149 Å². The molecular formula is C32H62N2O12. The van der Waals surface area contributed by atoms with E-state index in [0.29, 0.717) is 85.1 Å². The van der Waals surface area contributed by atoms with Crippen molar-refractivity contribution in [2.75, 3.05) is 119 Å². The minimum absolute atomic E-state index is 0.0175. The van der Waals surface area contributed by atoms with Crippen LogP contribution in [0.2, 0.25) is 0 Å². The third-order valence-corrected chi connectivity index (χ3v) is 5.88. The lowest BCUT2D eigenvalue weighted by molar-refractivity contribution is -0.129. The first-order valence-electron chi connectivity index (χ1n) is 16.5. The molecule has 0 aromatic heterocycles. The predicted molar refractivity (Wildman–Crippen MR) is 172 cm³/mol. The molecule has 1 atom stereocenters. The fourth-order valence-electron chi connectivity index (χ4n) is 3.39. The maximum atomic E-state index is 12.4. The molecule has 0 radical (unpaired) electrons. The largest absolute Gasteiger partial charge is 0.379 e. The predicted octanol–water partition coefficient (Wildman–Crippen LogP) is 1.56. The quantitative estimate of drug-likeness (QED) is 0.0943. The summed E-state index contributed by atoms with van der Waals surface area (Å²) in [5.41, 5.74) is 0. The van der Waals surface area contributed by atoms with E-state index in [1.165, 1.54) is 6.92 Å². The Balaban J connectivity index is 3.94. The monoisotopic (exact) mass is 666 g/mol. The Morgan fingerprint density at radius 2 is 1.04 bits per heavy atom. The number of Topliss-reactive ketones (excluding diaryl/α,β-unsaturated/α-hetero) is 1. The molecule has 0 bridgehead atoms. The Morgan fingerprint density at radius 3 is 1.59 bits per heavy atom. The lowest BCUT2D eigenvalue weighted by Gasteiger charge is -2.19. The number of ether oxygens (including phenoxy) is 9. The molecule has 0 aliphatic heterocycles. The fraction of sp³-hybridized carbons (Fsp3) is 0.906. The zero-order valence-electron chi connectivity index (χ0n) is 29.0. The van der Waals surface area contributed by atoms with Crippen LogP contribution >= 0.6 is 0 Å². The van der Waals surface area contributed by atoms with Crippen molar-refractivity contribution in [2.45, 2.75) is 66.0 Å². The molecule has 0 aromatic carbocycles. The van der Waals surface area contributed by atoms with E-state index in [2.05, 4.69) is 24.5 Å². The number of ketones is 1. The molecule has 0 spiro atoms. The lowest BCUT2D eigenvalue weighted by atomic mass is 10.1. The van der Waals surface area contributed by atoms with E-state index in [4.69, 9.17) is 42.6 Å². The van der Waals surface area contributed by atoms with Gasteiger partial charge >= 0.3 is 0 Å². The van der Waals surface area contributed by atoms with Crippen LogP contribution in [0.25, 0.3) is 0 Å². The summed E-state index contributed by atoms with van der Waals surface area (Å²) >= 11 is 0. The molecule has 0 aliphatic rings. The van der Waals surface area contributed by atoms with Gasteiger partial charge < -0.3 is 53.3 Å². The summed E-state index contributed by atoms with van der Waals surface area (Å²) in [6.07, 6.45) is 1.66. The van der Waals surface area contributed by atoms with Gasteiger partial charge in [0, 0.05) is 26.0 Å². The second kappa shape index (κ2) is 33.2. The van der Waals surface area contributed by atoms with Gasteiger partial charge in [-0.1, -0.05) is 13.8 Å². The van der Waals surface area contributed by atoms with E-state index in [9.17, 15) is 14.4 Å². The van der Waals surface area contributed by atoms with Gasteiger partial charge in [-0.15, -0.1) is 0 Å². The van der Waals surface area contributed by atoms with Crippen LogP contribution in [0.5, 0.6) is 0 Å². The summed E-state index contributed by atoms with van der Waals surface area (Å²) < 4.78 is 49.1. The van der Waals surface area contributed by atoms with Crippen molar-refractivity contribution in [1.82, 2.24) is 10.6 Å². The minimum atomic E-state index is -0.466. The molecule has 0 aromatic rings. The molecule has 14 nitrogen and oxygen atoms in total. The second-order valence-electron chi connectivity index (χ2n) is 11.2. The highest BCUT2D eigenvalue weighted by atomic mass is 16.6. The van der Waals surface area contributed by atoms with Crippen molar-refractivity contribution in [3.05, 3.63) is 0 Å². The van der Waals surface area contributed by atoms with Crippen molar-refractivity contribution < 1.29 is 57.0 Å². The van der Waals surface area contributed by atoms with Crippen LogP contribution in [0.1, 0.15) is 53.9 Å². The fourth-order valence-corrected chi connectivity index (χ4v) is 3.39. The van der Waals surface area contributed by atoms with Crippen molar-refractivity contribution in [3.8, 4) is 0 Å². The molecule has 1 unspecified atom stereocenters. The number of amides is 2. The van der Waals surface area contributed by atoms with E-state index >= 15 is 0 Å². The van der Waals surface area contributed by atoms with Gasteiger partial charge in [-0.05, 0) is 33.1 Å². The van der Waals surface area contributed by atoms with Crippen LogP contribution in [-0.2, 0) is 57.0 Å². The molecule has 0 aliphatic carbocycles. The summed E-state index contributed by atoms with van der Waals surface area (Å²) in [5.74, 6) is 0.124. The first kappa shape index (κ1) is 44.2. The van der Waals surface area contributed by atoms with E-state index in [1.54, 1.807) is 0 Å². The Kier molecular flexibility index (Phi) is 31.9. The van der Waals surface area contributed by atoms with Crippen molar-refractivity contribution in [2.24, 2.45) is 5.92 Å². The van der Waals surface area contributed by atoms with E-state index < -0.39 is 6.04 Å². The number of carbonyl (C=O) groups excluding carboxylic acids is 3. The summed E-state index contributed by atoms with van der Waals surface area (Å²) in [7, 11) is 0. The lowest BCUT2D eigenvalue weighted by Crippen LogP contribution is -2.43. The molecule has 14 heteroatoms. The Morgan fingerprint density at radius 1 is 0.543 bits per heavy atom. The van der Waals surface area contributed by atoms with Crippen LogP contribution in [0.3, 0.4) is 0 Å². The number of nitrogens with one attached hydrogen (secondary N) is 2. The Labute approximate surface area is 276 Å². The zero-order chi connectivity index (χ0) is 34.1. The molecule has 0 saturated carbocycles. The molecular weight excluding hydrogens is 604 g/mol.